The zero-order valence-electron chi connectivity index (χ0n) is 11.0. The molecule has 0 fully saturated rings. The zero-order chi connectivity index (χ0) is 14.3. The molecule has 2 heterocycles. The lowest BCUT2D eigenvalue weighted by molar-refractivity contribution is 0.685. The molecule has 0 aliphatic rings. The molecular formula is C14H14N4OS. The highest BCUT2D eigenvalue weighted by atomic mass is 32.2. The van der Waals surface area contributed by atoms with Gasteiger partial charge in [0.15, 0.2) is 5.65 Å². The topological polar surface area (TPSA) is 73.3 Å². The van der Waals surface area contributed by atoms with E-state index in [0.29, 0.717) is 16.4 Å². The van der Waals surface area contributed by atoms with Crippen LogP contribution in [0.4, 0.5) is 5.82 Å². The first-order valence-electron chi connectivity index (χ1n) is 5.98. The van der Waals surface area contributed by atoms with Gasteiger partial charge >= 0.3 is 0 Å². The summed E-state index contributed by atoms with van der Waals surface area (Å²) in [4.78, 5) is 4.84. The van der Waals surface area contributed by atoms with E-state index in [2.05, 4.69) is 16.0 Å². The highest BCUT2D eigenvalue weighted by Crippen LogP contribution is 2.21. The molecule has 1 aromatic carbocycles. The Balaban J connectivity index is 2.15. The summed E-state index contributed by atoms with van der Waals surface area (Å²) in [6.07, 6.45) is 3.28. The van der Waals surface area contributed by atoms with Crippen LogP contribution in [0.15, 0.2) is 47.5 Å². The highest BCUT2D eigenvalue weighted by Gasteiger charge is 2.07. The fourth-order valence-corrected chi connectivity index (χ4v) is 2.72. The van der Waals surface area contributed by atoms with Gasteiger partial charge in [-0.25, -0.2) is 9.50 Å². The molecule has 5 nitrogen and oxygen atoms in total. The molecule has 0 radical (unpaired) electrons. The van der Waals surface area contributed by atoms with Crippen LogP contribution in [0.5, 0.6) is 0 Å². The average Bonchev–Trinajstić information content (AvgIpc) is 2.77. The first kappa shape index (κ1) is 12.7. The molecule has 0 aliphatic carbocycles. The number of hydrogen-bond donors (Lipinski definition) is 1. The van der Waals surface area contributed by atoms with E-state index < -0.39 is 9.52 Å². The molecule has 0 amide bonds. The predicted molar refractivity (Wildman–Crippen MR) is 82.3 cm³/mol. The lowest BCUT2D eigenvalue weighted by Gasteiger charge is -2.06. The number of nitrogens with two attached hydrogens (primary N) is 1. The molecule has 0 bridgehead atoms. The van der Waals surface area contributed by atoms with E-state index in [0.717, 1.165) is 11.3 Å². The summed E-state index contributed by atoms with van der Waals surface area (Å²) >= 11 is 0. The van der Waals surface area contributed by atoms with E-state index in [-0.39, 0.29) is 0 Å². The Morgan fingerprint density at radius 2 is 2.10 bits per heavy atom. The van der Waals surface area contributed by atoms with Gasteiger partial charge in [0.05, 0.1) is 11.9 Å². The molecule has 102 valence electrons. The Bertz CT molecular complexity index is 896. The Morgan fingerprint density at radius 3 is 2.85 bits per heavy atom. The standard InChI is InChI=1S/C14H14N4OS/c1-20(2,19)11-5-3-4-10(8-11)12-6-7-14-16-13(15)9-18(14)17-12/h3-9H,1,15H2,2H3. The quantitative estimate of drug-likeness (QED) is 0.727. The van der Waals surface area contributed by atoms with Gasteiger partial charge in [-0.05, 0) is 39.7 Å². The van der Waals surface area contributed by atoms with Gasteiger partial charge in [0, 0.05) is 16.7 Å². The third-order valence-corrected chi connectivity index (χ3v) is 4.22. The lowest BCUT2D eigenvalue weighted by Crippen LogP contribution is -1.98. The minimum Gasteiger partial charge on any atom is -0.382 e. The zero-order valence-corrected chi connectivity index (χ0v) is 11.8. The number of fused-ring (bicyclic) bond motifs is 1. The SMILES string of the molecule is C=S(C)(=O)c1cccc(-c2ccc3nc(N)cn3n2)c1. The Labute approximate surface area is 117 Å². The highest BCUT2D eigenvalue weighted by molar-refractivity contribution is 7.99. The van der Waals surface area contributed by atoms with Gasteiger partial charge in [-0.15, -0.1) is 0 Å². The fourth-order valence-electron chi connectivity index (χ4n) is 1.98. The molecule has 0 spiro atoms. The number of aromatic nitrogens is 3. The number of imidazole rings is 1. The van der Waals surface area contributed by atoms with Crippen molar-refractivity contribution >= 4 is 26.9 Å². The van der Waals surface area contributed by atoms with Crippen LogP contribution in [0.2, 0.25) is 0 Å². The first-order chi connectivity index (χ1) is 9.43. The molecule has 1 unspecified atom stereocenters. The third kappa shape index (κ3) is 2.25. The van der Waals surface area contributed by atoms with Gasteiger partial charge in [0.25, 0.3) is 0 Å². The van der Waals surface area contributed by atoms with Gasteiger partial charge in [0.2, 0.25) is 0 Å². The van der Waals surface area contributed by atoms with Crippen molar-refractivity contribution in [1.82, 2.24) is 14.6 Å². The van der Waals surface area contributed by atoms with E-state index >= 15 is 0 Å². The van der Waals surface area contributed by atoms with Gasteiger partial charge < -0.3 is 5.73 Å². The van der Waals surface area contributed by atoms with Crippen molar-refractivity contribution in [3.63, 3.8) is 0 Å². The molecule has 0 aliphatic heterocycles. The van der Waals surface area contributed by atoms with Gasteiger partial charge in [-0.3, -0.25) is 4.21 Å². The summed E-state index contributed by atoms with van der Waals surface area (Å²) in [6, 6.07) is 11.1. The summed E-state index contributed by atoms with van der Waals surface area (Å²) in [5, 5.41) is 4.45. The number of nitrogen functional groups attached to an aromatic ring is 1. The summed E-state index contributed by atoms with van der Waals surface area (Å²) in [5.74, 6) is 4.13. The maximum Gasteiger partial charge on any atom is 0.156 e. The second kappa shape index (κ2) is 4.35. The summed E-state index contributed by atoms with van der Waals surface area (Å²) in [5.41, 5.74) is 7.98. The predicted octanol–water partition coefficient (Wildman–Crippen LogP) is 1.68. The van der Waals surface area contributed by atoms with Crippen molar-refractivity contribution in [2.24, 2.45) is 0 Å². The fraction of sp³-hybridized carbons (Fsp3) is 0.0714. The van der Waals surface area contributed by atoms with E-state index in [1.54, 1.807) is 17.0 Å². The number of nitrogens with zero attached hydrogens (tertiary/aromatic N) is 3. The number of hydrogen-bond acceptors (Lipinski definition) is 4. The maximum atomic E-state index is 12.0. The van der Waals surface area contributed by atoms with Gasteiger partial charge in [-0.1, -0.05) is 12.1 Å². The van der Waals surface area contributed by atoms with E-state index in [1.165, 1.54) is 0 Å². The average molecular weight is 286 g/mol. The molecule has 6 heteroatoms. The molecule has 0 saturated carbocycles. The monoisotopic (exact) mass is 286 g/mol. The lowest BCUT2D eigenvalue weighted by atomic mass is 10.1. The van der Waals surface area contributed by atoms with Crippen LogP contribution in [0.25, 0.3) is 16.9 Å². The summed E-state index contributed by atoms with van der Waals surface area (Å²) < 4.78 is 13.7. The van der Waals surface area contributed by atoms with Crippen molar-refractivity contribution in [2.45, 2.75) is 4.90 Å². The van der Waals surface area contributed by atoms with Crippen LogP contribution >= 0.6 is 0 Å². The van der Waals surface area contributed by atoms with Crippen LogP contribution in [-0.2, 0) is 9.52 Å². The second-order valence-corrected chi connectivity index (χ2v) is 7.20. The van der Waals surface area contributed by atoms with Crippen LogP contribution in [0.1, 0.15) is 0 Å². The summed E-state index contributed by atoms with van der Waals surface area (Å²) in [6.45, 7) is 0. The van der Waals surface area contributed by atoms with E-state index in [1.807, 2.05) is 36.4 Å². The van der Waals surface area contributed by atoms with Gasteiger partial charge in [0.1, 0.15) is 5.82 Å². The van der Waals surface area contributed by atoms with Gasteiger partial charge in [-0.2, -0.15) is 5.10 Å². The molecule has 3 rings (SSSR count). The normalized spacial score (nSPS) is 14.2. The summed E-state index contributed by atoms with van der Waals surface area (Å²) in [7, 11) is -2.24. The van der Waals surface area contributed by atoms with Crippen molar-refractivity contribution in [3.05, 3.63) is 42.6 Å². The molecule has 2 N–H and O–H groups in total. The number of rotatable bonds is 2. The second-order valence-electron chi connectivity index (χ2n) is 4.72. The van der Waals surface area contributed by atoms with Crippen molar-refractivity contribution < 1.29 is 4.21 Å². The minimum atomic E-state index is -2.24. The Morgan fingerprint density at radius 1 is 1.30 bits per heavy atom. The van der Waals surface area contributed by atoms with E-state index in [4.69, 9.17) is 5.73 Å². The van der Waals surface area contributed by atoms with Crippen LogP contribution in [0, 0.1) is 0 Å². The van der Waals surface area contributed by atoms with Crippen LogP contribution in [0.3, 0.4) is 0 Å². The molecule has 3 aromatic rings. The molecule has 0 saturated heterocycles. The minimum absolute atomic E-state index is 0.428. The van der Waals surface area contributed by atoms with Crippen LogP contribution < -0.4 is 5.73 Å². The van der Waals surface area contributed by atoms with Crippen molar-refractivity contribution in [1.29, 1.82) is 0 Å². The molecule has 20 heavy (non-hydrogen) atoms. The Hall–Kier alpha value is -2.34. The molecule has 1 atom stereocenters. The molecular weight excluding hydrogens is 272 g/mol. The Kier molecular flexibility index (Phi) is 2.76. The first-order valence-corrected chi connectivity index (χ1v) is 8.12. The van der Waals surface area contributed by atoms with Crippen molar-refractivity contribution in [2.75, 3.05) is 12.0 Å². The van der Waals surface area contributed by atoms with Crippen molar-refractivity contribution in [3.8, 4) is 11.3 Å². The van der Waals surface area contributed by atoms with E-state index in [9.17, 15) is 4.21 Å². The smallest absolute Gasteiger partial charge is 0.156 e. The number of anilines is 1. The van der Waals surface area contributed by atoms with Crippen LogP contribution in [-0.4, -0.2) is 30.9 Å². The maximum absolute atomic E-state index is 12.0. The molecule has 2 aromatic heterocycles. The number of benzene rings is 1. The largest absolute Gasteiger partial charge is 0.382 e. The third-order valence-electron chi connectivity index (χ3n) is 2.97.